The van der Waals surface area contributed by atoms with Crippen LogP contribution in [0, 0.1) is 13.8 Å². The van der Waals surface area contributed by atoms with Crippen molar-refractivity contribution in [3.8, 4) is 0 Å². The Morgan fingerprint density at radius 3 is 2.27 bits per heavy atom. The van der Waals surface area contributed by atoms with E-state index in [1.807, 2.05) is 13.8 Å². The lowest BCUT2D eigenvalue weighted by Crippen LogP contribution is -2.50. The van der Waals surface area contributed by atoms with Crippen LogP contribution in [0.2, 0.25) is 0 Å². The molecule has 0 saturated carbocycles. The molecule has 1 aliphatic rings. The molecule has 2 heterocycles. The van der Waals surface area contributed by atoms with Crippen LogP contribution in [0.4, 0.5) is 0 Å². The normalized spacial score (nSPS) is 15.7. The first-order valence-electron chi connectivity index (χ1n) is 8.91. The molecule has 1 aromatic heterocycles. The summed E-state index contributed by atoms with van der Waals surface area (Å²) in [7, 11) is -3.45. The number of nitrogens with zero attached hydrogens (tertiary/aromatic N) is 2. The highest BCUT2D eigenvalue weighted by molar-refractivity contribution is 7.89. The predicted octanol–water partition coefficient (Wildman–Crippen LogP) is 2.53. The van der Waals surface area contributed by atoms with Crippen LogP contribution in [-0.4, -0.2) is 56.3 Å². The topological polar surface area (TPSA) is 83.7 Å². The van der Waals surface area contributed by atoms with Gasteiger partial charge in [-0.2, -0.15) is 4.31 Å². The minimum atomic E-state index is -3.45. The van der Waals surface area contributed by atoms with Crippen molar-refractivity contribution in [3.63, 3.8) is 0 Å². The number of thiophene rings is 1. The first-order chi connectivity index (χ1) is 11.9. The number of hydrogen-bond acceptors (Lipinski definition) is 5. The van der Waals surface area contributed by atoms with Gasteiger partial charge in [0.2, 0.25) is 15.9 Å². The van der Waals surface area contributed by atoms with Gasteiger partial charge in [-0.15, -0.1) is 23.7 Å². The van der Waals surface area contributed by atoms with Gasteiger partial charge in [-0.3, -0.25) is 4.79 Å². The summed E-state index contributed by atoms with van der Waals surface area (Å²) < 4.78 is 27.1. The predicted molar refractivity (Wildman–Crippen MR) is 109 cm³/mol. The van der Waals surface area contributed by atoms with Crippen molar-refractivity contribution in [3.05, 3.63) is 15.8 Å². The highest BCUT2D eigenvalue weighted by Crippen LogP contribution is 2.28. The van der Waals surface area contributed by atoms with Crippen LogP contribution in [0.1, 0.15) is 41.9 Å². The number of carbonyl (C=O) groups is 1. The number of carbonyl (C=O) groups excluding carboxylic acids is 1. The van der Waals surface area contributed by atoms with E-state index in [0.717, 1.165) is 35.4 Å². The Hall–Kier alpha value is -0.670. The Kier molecular flexibility index (Phi) is 9.54. The molecule has 0 aliphatic carbocycles. The van der Waals surface area contributed by atoms with Crippen LogP contribution >= 0.6 is 23.7 Å². The van der Waals surface area contributed by atoms with Crippen LogP contribution in [0.3, 0.4) is 0 Å². The maximum absolute atomic E-state index is 12.8. The number of unbranched alkanes of at least 4 members (excludes halogenated alkanes) is 3. The molecule has 0 bridgehead atoms. The molecular formula is C17H30ClN3O3S2. The van der Waals surface area contributed by atoms with E-state index in [2.05, 4.69) is 0 Å². The molecule has 6 nitrogen and oxygen atoms in total. The lowest BCUT2D eigenvalue weighted by Gasteiger charge is -2.34. The van der Waals surface area contributed by atoms with Gasteiger partial charge in [-0.25, -0.2) is 8.42 Å². The first-order valence-corrected chi connectivity index (χ1v) is 11.2. The van der Waals surface area contributed by atoms with E-state index in [4.69, 9.17) is 5.73 Å². The molecule has 2 rings (SSSR count). The van der Waals surface area contributed by atoms with Crippen LogP contribution in [0.15, 0.2) is 11.0 Å². The number of aryl methyl sites for hydroxylation is 2. The summed E-state index contributed by atoms with van der Waals surface area (Å²) in [5.74, 6) is 0.132. The van der Waals surface area contributed by atoms with Crippen molar-refractivity contribution >= 4 is 39.7 Å². The quantitative estimate of drug-likeness (QED) is 0.651. The van der Waals surface area contributed by atoms with E-state index >= 15 is 0 Å². The average Bonchev–Trinajstić information content (AvgIpc) is 2.94. The largest absolute Gasteiger partial charge is 0.340 e. The van der Waals surface area contributed by atoms with E-state index < -0.39 is 10.0 Å². The van der Waals surface area contributed by atoms with Gasteiger partial charge >= 0.3 is 0 Å². The van der Waals surface area contributed by atoms with Crippen LogP contribution in [0.5, 0.6) is 0 Å². The van der Waals surface area contributed by atoms with Crippen molar-refractivity contribution in [1.29, 1.82) is 0 Å². The van der Waals surface area contributed by atoms with Crippen molar-refractivity contribution in [2.24, 2.45) is 5.73 Å². The Morgan fingerprint density at radius 2 is 1.73 bits per heavy atom. The molecule has 0 radical (unpaired) electrons. The summed E-state index contributed by atoms with van der Waals surface area (Å²) in [4.78, 5) is 16.3. The van der Waals surface area contributed by atoms with Gasteiger partial charge in [0.05, 0.1) is 4.90 Å². The molecule has 1 fully saturated rings. The molecule has 1 saturated heterocycles. The Bertz CT molecular complexity index is 683. The van der Waals surface area contributed by atoms with Crippen molar-refractivity contribution in [2.45, 2.75) is 50.8 Å². The van der Waals surface area contributed by atoms with Gasteiger partial charge in [0.15, 0.2) is 0 Å². The van der Waals surface area contributed by atoms with Crippen molar-refractivity contribution < 1.29 is 13.2 Å². The molecule has 0 aromatic carbocycles. The fraction of sp³-hybridized carbons (Fsp3) is 0.706. The summed E-state index contributed by atoms with van der Waals surface area (Å²) in [5, 5.41) is 0. The minimum absolute atomic E-state index is 0. The Balaban J connectivity index is 0.00000338. The highest BCUT2D eigenvalue weighted by Gasteiger charge is 2.31. The van der Waals surface area contributed by atoms with E-state index in [9.17, 15) is 13.2 Å². The van der Waals surface area contributed by atoms with Crippen LogP contribution in [-0.2, 0) is 14.8 Å². The van der Waals surface area contributed by atoms with E-state index in [0.29, 0.717) is 44.0 Å². The molecule has 2 N–H and O–H groups in total. The summed E-state index contributed by atoms with van der Waals surface area (Å²) >= 11 is 1.50. The van der Waals surface area contributed by atoms with Gasteiger partial charge in [-0.1, -0.05) is 12.8 Å². The van der Waals surface area contributed by atoms with Crippen molar-refractivity contribution in [2.75, 3.05) is 32.7 Å². The second-order valence-electron chi connectivity index (χ2n) is 6.52. The number of halogens is 1. The first kappa shape index (κ1) is 23.4. The lowest BCUT2D eigenvalue weighted by molar-refractivity contribution is -0.132. The summed E-state index contributed by atoms with van der Waals surface area (Å²) in [6.07, 6.45) is 4.51. The Labute approximate surface area is 167 Å². The zero-order valence-corrected chi connectivity index (χ0v) is 18.0. The van der Waals surface area contributed by atoms with Gasteiger partial charge in [0, 0.05) is 42.4 Å². The maximum Gasteiger partial charge on any atom is 0.244 e. The molecule has 9 heteroatoms. The molecule has 150 valence electrons. The van der Waals surface area contributed by atoms with Crippen molar-refractivity contribution in [1.82, 2.24) is 9.21 Å². The second-order valence-corrected chi connectivity index (χ2v) is 9.88. The third kappa shape index (κ3) is 5.92. The molecule has 0 atom stereocenters. The molecule has 26 heavy (non-hydrogen) atoms. The number of amides is 1. The van der Waals surface area contributed by atoms with E-state index in [-0.39, 0.29) is 18.3 Å². The Morgan fingerprint density at radius 1 is 1.12 bits per heavy atom. The maximum atomic E-state index is 12.8. The number of rotatable bonds is 8. The monoisotopic (exact) mass is 423 g/mol. The van der Waals surface area contributed by atoms with Crippen LogP contribution < -0.4 is 5.73 Å². The minimum Gasteiger partial charge on any atom is -0.340 e. The lowest BCUT2D eigenvalue weighted by atomic mass is 10.1. The van der Waals surface area contributed by atoms with E-state index in [1.165, 1.54) is 15.6 Å². The molecule has 1 aromatic rings. The fourth-order valence-corrected chi connectivity index (χ4v) is 6.06. The summed E-state index contributed by atoms with van der Waals surface area (Å²) in [6, 6.07) is 1.74. The van der Waals surface area contributed by atoms with Gasteiger partial charge in [0.25, 0.3) is 0 Å². The molecule has 1 amide bonds. The number of piperazine rings is 1. The highest BCUT2D eigenvalue weighted by atomic mass is 35.5. The summed E-state index contributed by atoms with van der Waals surface area (Å²) in [5.41, 5.74) is 5.46. The average molecular weight is 424 g/mol. The zero-order chi connectivity index (χ0) is 18.4. The summed E-state index contributed by atoms with van der Waals surface area (Å²) in [6.45, 7) is 6.15. The van der Waals surface area contributed by atoms with Gasteiger partial charge in [-0.05, 0) is 39.3 Å². The third-order valence-corrected chi connectivity index (χ3v) is 7.67. The standard InChI is InChI=1S/C17H29N3O3S2.ClH/c1-14-13-16(15(2)24-14)25(22,23)20-11-9-19(10-12-20)17(21)7-5-3-4-6-8-18;/h13H,3-12,18H2,1-2H3;1H. The molecule has 1 aliphatic heterocycles. The number of nitrogens with two attached hydrogens (primary N) is 1. The molecule has 0 unspecified atom stereocenters. The fourth-order valence-electron chi connectivity index (χ4n) is 3.11. The smallest absolute Gasteiger partial charge is 0.244 e. The zero-order valence-electron chi connectivity index (χ0n) is 15.6. The molecule has 0 spiro atoms. The SMILES string of the molecule is Cc1cc(S(=O)(=O)N2CCN(C(=O)CCCCCCN)CC2)c(C)s1.Cl. The van der Waals surface area contributed by atoms with Gasteiger partial charge in [0.1, 0.15) is 0 Å². The third-order valence-electron chi connectivity index (χ3n) is 4.55. The number of hydrogen-bond donors (Lipinski definition) is 1. The van der Waals surface area contributed by atoms with Gasteiger partial charge < -0.3 is 10.6 Å². The van der Waals surface area contributed by atoms with Crippen LogP contribution in [0.25, 0.3) is 0 Å². The second kappa shape index (κ2) is 10.6. The number of sulfonamides is 1. The van der Waals surface area contributed by atoms with E-state index in [1.54, 1.807) is 11.0 Å². The molecular weight excluding hydrogens is 394 g/mol.